The predicted molar refractivity (Wildman–Crippen MR) is 119 cm³/mol. The van der Waals surface area contributed by atoms with E-state index in [0.717, 1.165) is 0 Å². The Morgan fingerprint density at radius 3 is 2.60 bits per heavy atom. The van der Waals surface area contributed by atoms with E-state index in [-0.39, 0.29) is 23.6 Å². The smallest absolute Gasteiger partial charge is 0.251 e. The highest BCUT2D eigenvalue weighted by molar-refractivity contribution is 7.99. The molecule has 2 amide bonds. The summed E-state index contributed by atoms with van der Waals surface area (Å²) in [7, 11) is 0. The van der Waals surface area contributed by atoms with Crippen molar-refractivity contribution in [2.75, 3.05) is 11.1 Å². The highest BCUT2D eigenvalue weighted by Crippen LogP contribution is 2.23. The lowest BCUT2D eigenvalue weighted by Gasteiger charge is -2.17. The van der Waals surface area contributed by atoms with Crippen LogP contribution < -0.4 is 10.6 Å². The van der Waals surface area contributed by atoms with Crippen molar-refractivity contribution in [2.45, 2.75) is 38.5 Å². The van der Waals surface area contributed by atoms with Crippen LogP contribution in [0.3, 0.4) is 0 Å². The van der Waals surface area contributed by atoms with Gasteiger partial charge < -0.3 is 15.2 Å². The van der Waals surface area contributed by atoms with E-state index in [2.05, 4.69) is 39.7 Å². The molecule has 0 saturated carbocycles. The Morgan fingerprint density at radius 1 is 1.17 bits per heavy atom. The molecule has 8 nitrogen and oxygen atoms in total. The van der Waals surface area contributed by atoms with E-state index in [1.54, 1.807) is 23.7 Å². The van der Waals surface area contributed by atoms with Crippen LogP contribution in [-0.4, -0.2) is 37.3 Å². The molecular weight excluding hydrogens is 420 g/mol. The van der Waals surface area contributed by atoms with Gasteiger partial charge in [0.2, 0.25) is 5.91 Å². The first kappa shape index (κ1) is 22.0. The topological polar surface area (TPSA) is 102 Å². The summed E-state index contributed by atoms with van der Waals surface area (Å²) in [6, 6.07) is 8.72. The number of carbonyl (C=O) groups excluding carboxylic acids is 2. The Morgan fingerprint density at radius 2 is 1.93 bits per heavy atom. The summed E-state index contributed by atoms with van der Waals surface area (Å²) in [6.07, 6.45) is 1.64. The van der Waals surface area contributed by atoms with Crippen molar-refractivity contribution in [2.24, 2.45) is 5.92 Å². The van der Waals surface area contributed by atoms with E-state index in [4.69, 9.17) is 0 Å². The molecule has 2 heterocycles. The van der Waals surface area contributed by atoms with Crippen molar-refractivity contribution >= 4 is 40.0 Å². The van der Waals surface area contributed by atoms with Gasteiger partial charge in [-0.2, -0.15) is 0 Å². The molecule has 1 atom stereocenters. The van der Waals surface area contributed by atoms with Gasteiger partial charge in [-0.25, -0.2) is 4.98 Å². The van der Waals surface area contributed by atoms with Gasteiger partial charge in [0.1, 0.15) is 0 Å². The number of anilines is 1. The molecule has 3 aromatic rings. The van der Waals surface area contributed by atoms with Crippen molar-refractivity contribution in [3.63, 3.8) is 0 Å². The van der Waals surface area contributed by atoms with E-state index >= 15 is 0 Å². The van der Waals surface area contributed by atoms with E-state index < -0.39 is 0 Å². The van der Waals surface area contributed by atoms with Gasteiger partial charge in [0, 0.05) is 23.7 Å². The van der Waals surface area contributed by atoms with Crippen LogP contribution in [0.2, 0.25) is 0 Å². The normalized spacial score (nSPS) is 12.0. The maximum absolute atomic E-state index is 12.5. The maximum Gasteiger partial charge on any atom is 0.251 e. The van der Waals surface area contributed by atoms with Gasteiger partial charge in [0.25, 0.3) is 5.91 Å². The van der Waals surface area contributed by atoms with Crippen LogP contribution in [0.4, 0.5) is 5.13 Å². The zero-order chi connectivity index (χ0) is 21.5. The fourth-order valence-corrected chi connectivity index (χ4v) is 4.07. The average Bonchev–Trinajstić information content (AvgIpc) is 3.36. The Hall–Kier alpha value is -2.72. The van der Waals surface area contributed by atoms with Crippen LogP contribution in [-0.2, 0) is 11.3 Å². The van der Waals surface area contributed by atoms with Crippen molar-refractivity contribution in [3.8, 4) is 0 Å². The number of hydrogen-bond acceptors (Lipinski definition) is 7. The lowest BCUT2D eigenvalue weighted by atomic mass is 10.2. The third-order valence-electron chi connectivity index (χ3n) is 4.08. The molecule has 1 aromatic carbocycles. The van der Waals surface area contributed by atoms with Crippen LogP contribution >= 0.6 is 23.1 Å². The van der Waals surface area contributed by atoms with Crippen LogP contribution in [0.15, 0.2) is 47.1 Å². The molecule has 30 heavy (non-hydrogen) atoms. The Balaban J connectivity index is 1.69. The van der Waals surface area contributed by atoms with Crippen molar-refractivity contribution < 1.29 is 9.59 Å². The largest absolute Gasteiger partial charge is 0.342 e. The standard InChI is InChI=1S/C20H24N6O2S2/c1-13(2)11-26-17(14(3)22-18(28)15-7-5-4-6-8-15)24-25-20(26)30-12-16(27)23-19-21-9-10-29-19/h4-10,13-14H,11-12H2,1-3H3,(H,22,28)(H,21,23,27)/t14-/m0/s1. The molecule has 10 heteroatoms. The summed E-state index contributed by atoms with van der Waals surface area (Å²) in [5.41, 5.74) is 0.590. The summed E-state index contributed by atoms with van der Waals surface area (Å²) in [5, 5.41) is 17.3. The molecular formula is C20H24N6O2S2. The molecule has 2 N–H and O–H groups in total. The zero-order valence-electron chi connectivity index (χ0n) is 17.0. The van der Waals surface area contributed by atoms with Gasteiger partial charge in [-0.15, -0.1) is 21.5 Å². The van der Waals surface area contributed by atoms with Gasteiger partial charge in [0.05, 0.1) is 11.8 Å². The van der Waals surface area contributed by atoms with Crippen LogP contribution in [0.1, 0.15) is 43.0 Å². The van der Waals surface area contributed by atoms with Crippen molar-refractivity contribution in [1.29, 1.82) is 0 Å². The number of thiazole rings is 1. The number of nitrogens with zero attached hydrogens (tertiary/aromatic N) is 4. The average molecular weight is 445 g/mol. The fourth-order valence-electron chi connectivity index (χ4n) is 2.77. The van der Waals surface area contributed by atoms with Gasteiger partial charge in [-0.05, 0) is 25.0 Å². The molecule has 0 aliphatic heterocycles. The number of benzene rings is 1. The molecule has 0 aliphatic carbocycles. The fraction of sp³-hybridized carbons (Fsp3) is 0.350. The summed E-state index contributed by atoms with van der Waals surface area (Å²) in [4.78, 5) is 28.7. The number of hydrogen-bond donors (Lipinski definition) is 2. The first-order valence-corrected chi connectivity index (χ1v) is 11.4. The Bertz CT molecular complexity index is 973. The minimum atomic E-state index is -0.331. The molecule has 0 spiro atoms. The van der Waals surface area contributed by atoms with E-state index in [1.807, 2.05) is 29.7 Å². The quantitative estimate of drug-likeness (QED) is 0.489. The summed E-state index contributed by atoms with van der Waals surface area (Å²) < 4.78 is 1.97. The highest BCUT2D eigenvalue weighted by Gasteiger charge is 2.21. The number of carbonyl (C=O) groups is 2. The summed E-state index contributed by atoms with van der Waals surface area (Å²) in [6.45, 7) is 6.76. The molecule has 0 aliphatic rings. The van der Waals surface area contributed by atoms with Gasteiger partial charge >= 0.3 is 0 Å². The number of amides is 2. The van der Waals surface area contributed by atoms with Crippen LogP contribution in [0, 0.1) is 5.92 Å². The summed E-state index contributed by atoms with van der Waals surface area (Å²) in [5.74, 6) is 0.886. The molecule has 0 fully saturated rings. The molecule has 0 radical (unpaired) electrons. The van der Waals surface area contributed by atoms with E-state index in [0.29, 0.717) is 34.1 Å². The maximum atomic E-state index is 12.5. The molecule has 0 saturated heterocycles. The molecule has 0 unspecified atom stereocenters. The SMILES string of the molecule is CC(C)Cn1c(SCC(=O)Nc2nccs2)nnc1[C@H](C)NC(=O)c1ccccc1. The van der Waals surface area contributed by atoms with Gasteiger partial charge in [-0.1, -0.05) is 43.8 Å². The predicted octanol–water partition coefficient (Wildman–Crippen LogP) is 3.61. The lowest BCUT2D eigenvalue weighted by Crippen LogP contribution is -2.29. The second-order valence-corrected chi connectivity index (χ2v) is 8.92. The zero-order valence-corrected chi connectivity index (χ0v) is 18.7. The molecule has 158 valence electrons. The van der Waals surface area contributed by atoms with Gasteiger partial charge in [0.15, 0.2) is 16.1 Å². The third kappa shape index (κ3) is 5.90. The monoisotopic (exact) mass is 444 g/mol. The highest BCUT2D eigenvalue weighted by atomic mass is 32.2. The Kier molecular flexibility index (Phi) is 7.58. The number of rotatable bonds is 9. The number of aromatic nitrogens is 4. The van der Waals surface area contributed by atoms with Crippen molar-refractivity contribution in [3.05, 3.63) is 53.3 Å². The number of thioether (sulfide) groups is 1. The lowest BCUT2D eigenvalue weighted by molar-refractivity contribution is -0.113. The summed E-state index contributed by atoms with van der Waals surface area (Å²) >= 11 is 2.68. The Labute approximate surface area is 183 Å². The van der Waals surface area contributed by atoms with Gasteiger partial charge in [-0.3, -0.25) is 9.59 Å². The first-order chi connectivity index (χ1) is 14.4. The van der Waals surface area contributed by atoms with Crippen LogP contribution in [0.5, 0.6) is 0 Å². The van der Waals surface area contributed by atoms with E-state index in [9.17, 15) is 9.59 Å². The first-order valence-electron chi connectivity index (χ1n) is 9.55. The van der Waals surface area contributed by atoms with E-state index in [1.165, 1.54) is 23.1 Å². The molecule has 2 aromatic heterocycles. The van der Waals surface area contributed by atoms with Crippen LogP contribution in [0.25, 0.3) is 0 Å². The molecule has 3 rings (SSSR count). The van der Waals surface area contributed by atoms with Crippen molar-refractivity contribution in [1.82, 2.24) is 25.1 Å². The minimum absolute atomic E-state index is 0.152. The second-order valence-electron chi connectivity index (χ2n) is 7.08. The number of nitrogens with one attached hydrogen (secondary N) is 2. The minimum Gasteiger partial charge on any atom is -0.342 e. The third-order valence-corrected chi connectivity index (χ3v) is 5.73. The molecule has 0 bridgehead atoms. The second kappa shape index (κ2) is 10.4.